The van der Waals surface area contributed by atoms with Crippen molar-refractivity contribution in [2.75, 3.05) is 46.2 Å². The lowest BCUT2D eigenvalue weighted by molar-refractivity contribution is 0.0749. The molecule has 0 aromatic carbocycles. The van der Waals surface area contributed by atoms with Crippen molar-refractivity contribution < 1.29 is 23.4 Å². The van der Waals surface area contributed by atoms with Crippen LogP contribution in [0, 0.1) is 5.41 Å². The number of rotatable bonds is 14. The predicted octanol–water partition coefficient (Wildman–Crippen LogP) is 0.681. The molecule has 0 aromatic rings. The molecule has 0 aromatic heterocycles. The Hall–Kier alpha value is 0.0169. The van der Waals surface area contributed by atoms with Crippen molar-refractivity contribution in [2.24, 2.45) is 5.41 Å². The van der Waals surface area contributed by atoms with E-state index in [1.165, 1.54) is 0 Å². The third-order valence-corrected chi connectivity index (χ3v) is 4.33. The zero-order chi connectivity index (χ0) is 15.0. The second kappa shape index (κ2) is 9.22. The highest BCUT2D eigenvalue weighted by Gasteiger charge is 2.25. The maximum atomic E-state index is 5.61. The van der Waals surface area contributed by atoms with E-state index in [9.17, 15) is 0 Å². The SMILES string of the molecule is CC(CCCOCC1CO1)(CCCOCC1CO1)CO[SiH3]. The Balaban J connectivity index is 1.50. The van der Waals surface area contributed by atoms with Crippen molar-refractivity contribution in [1.29, 1.82) is 0 Å². The van der Waals surface area contributed by atoms with E-state index in [2.05, 4.69) is 6.92 Å². The summed E-state index contributed by atoms with van der Waals surface area (Å²) >= 11 is 0. The monoisotopic (exact) mass is 318 g/mol. The van der Waals surface area contributed by atoms with Crippen LogP contribution in [0.25, 0.3) is 0 Å². The van der Waals surface area contributed by atoms with Crippen molar-refractivity contribution in [3.05, 3.63) is 0 Å². The van der Waals surface area contributed by atoms with Gasteiger partial charge in [0.1, 0.15) is 22.7 Å². The molecule has 2 saturated heterocycles. The van der Waals surface area contributed by atoms with E-state index < -0.39 is 0 Å². The Morgan fingerprint density at radius 2 is 1.48 bits per heavy atom. The van der Waals surface area contributed by atoms with Gasteiger partial charge in [0.15, 0.2) is 0 Å². The van der Waals surface area contributed by atoms with Crippen LogP contribution in [0.1, 0.15) is 32.6 Å². The van der Waals surface area contributed by atoms with E-state index >= 15 is 0 Å². The number of hydrogen-bond donors (Lipinski definition) is 0. The Kier molecular flexibility index (Phi) is 7.63. The van der Waals surface area contributed by atoms with Crippen LogP contribution in [0.15, 0.2) is 0 Å². The minimum absolute atomic E-state index is 0.251. The number of ether oxygens (including phenoxy) is 4. The molecule has 2 unspecified atom stereocenters. The highest BCUT2D eigenvalue weighted by molar-refractivity contribution is 5.97. The Morgan fingerprint density at radius 1 is 1.00 bits per heavy atom. The van der Waals surface area contributed by atoms with Gasteiger partial charge in [0.25, 0.3) is 0 Å². The standard InChI is InChI=1S/C15H30O5Si/c1-15(12-20-21,4-2-6-16-8-13-10-18-13)5-3-7-17-9-14-11-19-14/h13-14H,2-12H2,1,21H3. The molecule has 0 N–H and O–H groups in total. The third-order valence-electron chi connectivity index (χ3n) is 4.04. The molecular formula is C15H30O5Si. The summed E-state index contributed by atoms with van der Waals surface area (Å²) in [4.78, 5) is 0. The van der Waals surface area contributed by atoms with E-state index in [1.54, 1.807) is 0 Å². The molecule has 0 saturated carbocycles. The topological polar surface area (TPSA) is 52.8 Å². The van der Waals surface area contributed by atoms with E-state index in [-0.39, 0.29) is 5.41 Å². The maximum Gasteiger partial charge on any atom is 0.145 e. The number of hydrogen-bond acceptors (Lipinski definition) is 5. The fourth-order valence-corrected chi connectivity index (χ4v) is 3.27. The average Bonchev–Trinajstić information content (AvgIpc) is 3.33. The molecule has 2 atom stereocenters. The van der Waals surface area contributed by atoms with Gasteiger partial charge in [0.2, 0.25) is 0 Å². The minimum Gasteiger partial charge on any atom is -0.427 e. The first-order valence-electron chi connectivity index (χ1n) is 8.09. The second-order valence-electron chi connectivity index (χ2n) is 6.51. The fourth-order valence-electron chi connectivity index (χ4n) is 2.58. The number of epoxide rings is 2. The second-order valence-corrected chi connectivity index (χ2v) is 7.09. The lowest BCUT2D eigenvalue weighted by Gasteiger charge is -2.29. The first-order valence-corrected chi connectivity index (χ1v) is 8.91. The first kappa shape index (κ1) is 17.4. The van der Waals surface area contributed by atoms with Gasteiger partial charge >= 0.3 is 0 Å². The predicted molar refractivity (Wildman–Crippen MR) is 83.6 cm³/mol. The lowest BCUT2D eigenvalue weighted by atomic mass is 9.82. The van der Waals surface area contributed by atoms with Crippen molar-refractivity contribution in [2.45, 2.75) is 44.8 Å². The van der Waals surface area contributed by atoms with Gasteiger partial charge in [0, 0.05) is 19.8 Å². The Labute approximate surface area is 131 Å². The molecule has 2 aliphatic rings. The van der Waals surface area contributed by atoms with Crippen LogP contribution < -0.4 is 0 Å². The van der Waals surface area contributed by atoms with Gasteiger partial charge in [-0.1, -0.05) is 6.92 Å². The maximum absolute atomic E-state index is 5.61. The summed E-state index contributed by atoms with van der Waals surface area (Å²) in [6, 6.07) is 0. The van der Waals surface area contributed by atoms with Crippen molar-refractivity contribution in [3.63, 3.8) is 0 Å². The van der Waals surface area contributed by atoms with Gasteiger partial charge in [-0.15, -0.1) is 0 Å². The quantitative estimate of drug-likeness (QED) is 0.268. The van der Waals surface area contributed by atoms with Gasteiger partial charge in [0.05, 0.1) is 26.4 Å². The van der Waals surface area contributed by atoms with Crippen LogP contribution in [-0.4, -0.2) is 68.9 Å². The van der Waals surface area contributed by atoms with E-state index in [1.807, 2.05) is 0 Å². The zero-order valence-electron chi connectivity index (χ0n) is 13.5. The Bertz CT molecular complexity index is 259. The highest BCUT2D eigenvalue weighted by atomic mass is 28.2. The van der Waals surface area contributed by atoms with Crippen molar-refractivity contribution in [3.8, 4) is 0 Å². The van der Waals surface area contributed by atoms with E-state index in [0.29, 0.717) is 12.2 Å². The molecule has 2 fully saturated rings. The van der Waals surface area contributed by atoms with E-state index in [4.69, 9.17) is 23.4 Å². The van der Waals surface area contributed by atoms with Crippen LogP contribution >= 0.6 is 0 Å². The largest absolute Gasteiger partial charge is 0.427 e. The van der Waals surface area contributed by atoms with Crippen LogP contribution in [0.5, 0.6) is 0 Å². The summed E-state index contributed by atoms with van der Waals surface area (Å²) in [7, 11) is 0.806. The van der Waals surface area contributed by atoms with Crippen molar-refractivity contribution in [1.82, 2.24) is 0 Å². The molecule has 5 nitrogen and oxygen atoms in total. The minimum atomic E-state index is 0.251. The molecule has 124 valence electrons. The van der Waals surface area contributed by atoms with E-state index in [0.717, 1.165) is 82.4 Å². The summed E-state index contributed by atoms with van der Waals surface area (Å²) in [6.07, 6.45) is 5.21. The summed E-state index contributed by atoms with van der Waals surface area (Å²) in [6.45, 7) is 8.08. The lowest BCUT2D eigenvalue weighted by Crippen LogP contribution is -2.24. The zero-order valence-corrected chi connectivity index (χ0v) is 15.5. The van der Waals surface area contributed by atoms with Crippen LogP contribution in [0.2, 0.25) is 0 Å². The van der Waals surface area contributed by atoms with Gasteiger partial charge in [-0.05, 0) is 31.1 Å². The summed E-state index contributed by atoms with van der Waals surface area (Å²) in [5, 5.41) is 0. The van der Waals surface area contributed by atoms with Gasteiger partial charge < -0.3 is 23.4 Å². The summed E-state index contributed by atoms with van der Waals surface area (Å²) < 4.78 is 27.0. The summed E-state index contributed by atoms with van der Waals surface area (Å²) in [5.41, 5.74) is 0.251. The Morgan fingerprint density at radius 3 is 1.86 bits per heavy atom. The molecule has 2 aliphatic heterocycles. The molecule has 2 rings (SSSR count). The summed E-state index contributed by atoms with van der Waals surface area (Å²) in [5.74, 6) is 0. The fraction of sp³-hybridized carbons (Fsp3) is 1.00. The molecule has 6 heteroatoms. The molecule has 0 amide bonds. The first-order chi connectivity index (χ1) is 10.2. The molecule has 0 spiro atoms. The molecular weight excluding hydrogens is 288 g/mol. The highest BCUT2D eigenvalue weighted by Crippen LogP contribution is 2.29. The van der Waals surface area contributed by atoms with Gasteiger partial charge in [-0.3, -0.25) is 0 Å². The van der Waals surface area contributed by atoms with Crippen LogP contribution in [-0.2, 0) is 23.4 Å². The van der Waals surface area contributed by atoms with Gasteiger partial charge in [-0.2, -0.15) is 0 Å². The molecule has 2 heterocycles. The van der Waals surface area contributed by atoms with Crippen LogP contribution in [0.4, 0.5) is 0 Å². The third kappa shape index (κ3) is 8.28. The smallest absolute Gasteiger partial charge is 0.145 e. The average molecular weight is 318 g/mol. The molecule has 0 aliphatic carbocycles. The molecule has 21 heavy (non-hydrogen) atoms. The normalized spacial score (nSPS) is 26.7. The molecule has 0 radical (unpaired) electrons. The van der Waals surface area contributed by atoms with Gasteiger partial charge in [-0.25, -0.2) is 0 Å². The van der Waals surface area contributed by atoms with Crippen LogP contribution in [0.3, 0.4) is 0 Å². The van der Waals surface area contributed by atoms with Crippen molar-refractivity contribution >= 4 is 10.5 Å². The molecule has 0 bridgehead atoms.